The van der Waals surface area contributed by atoms with Gasteiger partial charge in [-0.25, -0.2) is 0 Å². The molecule has 102 valence electrons. The van der Waals surface area contributed by atoms with E-state index in [1.807, 2.05) is 11.3 Å². The van der Waals surface area contributed by atoms with E-state index in [1.165, 1.54) is 30.6 Å². The van der Waals surface area contributed by atoms with Crippen LogP contribution in [-0.4, -0.2) is 19.8 Å². The van der Waals surface area contributed by atoms with Gasteiger partial charge in [-0.05, 0) is 57.6 Å². The minimum atomic E-state index is 0.465. The summed E-state index contributed by atoms with van der Waals surface area (Å²) in [7, 11) is 1.77. The van der Waals surface area contributed by atoms with Crippen LogP contribution >= 0.6 is 11.3 Å². The van der Waals surface area contributed by atoms with Crippen molar-refractivity contribution in [3.05, 3.63) is 21.4 Å². The molecule has 1 N–H and O–H groups in total. The Kier molecular flexibility index (Phi) is 5.22. The number of thiophene rings is 1. The highest BCUT2D eigenvalue weighted by Gasteiger charge is 2.17. The van der Waals surface area contributed by atoms with Gasteiger partial charge in [0.2, 0.25) is 0 Å². The first-order chi connectivity index (χ1) is 8.70. The summed E-state index contributed by atoms with van der Waals surface area (Å²) in [5.74, 6) is 0. The molecule has 1 aliphatic rings. The molecular formula is C15H25NOS. The van der Waals surface area contributed by atoms with Crippen molar-refractivity contribution in [1.29, 1.82) is 0 Å². The molecule has 0 saturated heterocycles. The average Bonchev–Trinajstić information content (AvgIpc) is 2.80. The van der Waals surface area contributed by atoms with Crippen molar-refractivity contribution in [3.8, 4) is 0 Å². The van der Waals surface area contributed by atoms with Crippen LogP contribution in [0.3, 0.4) is 0 Å². The van der Waals surface area contributed by atoms with Gasteiger partial charge < -0.3 is 10.1 Å². The fourth-order valence-corrected chi connectivity index (χ4v) is 3.88. The molecule has 18 heavy (non-hydrogen) atoms. The predicted molar refractivity (Wildman–Crippen MR) is 78.5 cm³/mol. The Bertz CT molecular complexity index is 351. The van der Waals surface area contributed by atoms with Crippen LogP contribution in [0.2, 0.25) is 0 Å². The van der Waals surface area contributed by atoms with E-state index in [2.05, 4.69) is 25.2 Å². The normalized spacial score (nSPS) is 18.4. The summed E-state index contributed by atoms with van der Waals surface area (Å²) in [6, 6.07) is 3.41. The molecule has 2 atom stereocenters. The lowest BCUT2D eigenvalue weighted by atomic mass is 9.99. The minimum absolute atomic E-state index is 0.465. The van der Waals surface area contributed by atoms with Gasteiger partial charge in [-0.2, -0.15) is 0 Å². The molecular weight excluding hydrogens is 242 g/mol. The quantitative estimate of drug-likeness (QED) is 0.848. The zero-order valence-electron chi connectivity index (χ0n) is 11.8. The van der Waals surface area contributed by atoms with Crippen LogP contribution in [0.15, 0.2) is 6.07 Å². The molecule has 0 radical (unpaired) electrons. The van der Waals surface area contributed by atoms with E-state index >= 15 is 0 Å². The summed E-state index contributed by atoms with van der Waals surface area (Å²) >= 11 is 2.02. The molecule has 3 heteroatoms. The van der Waals surface area contributed by atoms with Gasteiger partial charge in [-0.3, -0.25) is 0 Å². The van der Waals surface area contributed by atoms with Gasteiger partial charge in [0.05, 0.1) is 0 Å². The molecule has 0 amide bonds. The smallest absolute Gasteiger partial charge is 0.0476 e. The maximum Gasteiger partial charge on any atom is 0.0476 e. The van der Waals surface area contributed by atoms with Crippen molar-refractivity contribution in [3.63, 3.8) is 0 Å². The summed E-state index contributed by atoms with van der Waals surface area (Å²) in [6.45, 7) is 5.35. The number of ether oxygens (including phenoxy) is 1. The monoisotopic (exact) mass is 267 g/mol. The Morgan fingerprint density at radius 3 is 2.83 bits per heavy atom. The van der Waals surface area contributed by atoms with E-state index in [-0.39, 0.29) is 0 Å². The summed E-state index contributed by atoms with van der Waals surface area (Å²) in [5, 5.41) is 3.67. The van der Waals surface area contributed by atoms with Crippen molar-refractivity contribution in [2.75, 3.05) is 13.7 Å². The lowest BCUT2D eigenvalue weighted by Crippen LogP contribution is -2.29. The van der Waals surface area contributed by atoms with Crippen LogP contribution in [0.5, 0.6) is 0 Å². The van der Waals surface area contributed by atoms with Crippen LogP contribution in [0.25, 0.3) is 0 Å². The van der Waals surface area contributed by atoms with Crippen molar-refractivity contribution < 1.29 is 4.74 Å². The van der Waals surface area contributed by atoms with E-state index in [1.54, 1.807) is 17.6 Å². The fourth-order valence-electron chi connectivity index (χ4n) is 2.61. The Morgan fingerprint density at radius 1 is 1.33 bits per heavy atom. The van der Waals surface area contributed by atoms with Gasteiger partial charge in [-0.1, -0.05) is 0 Å². The Morgan fingerprint density at radius 2 is 2.11 bits per heavy atom. The minimum Gasteiger partial charge on any atom is -0.385 e. The van der Waals surface area contributed by atoms with Gasteiger partial charge in [0, 0.05) is 35.6 Å². The van der Waals surface area contributed by atoms with E-state index < -0.39 is 0 Å². The fraction of sp³-hybridized carbons (Fsp3) is 0.733. The van der Waals surface area contributed by atoms with E-state index in [0.29, 0.717) is 12.1 Å². The lowest BCUT2D eigenvalue weighted by molar-refractivity contribution is 0.183. The molecule has 2 nitrogen and oxygen atoms in total. The largest absolute Gasteiger partial charge is 0.385 e. The number of methoxy groups -OCH3 is 1. The standard InChI is InChI=1S/C15H25NOS/c1-11(8-9-17-3)16-12(2)15-10-13-6-4-5-7-14(13)18-15/h10-12,16H,4-9H2,1-3H3. The van der Waals surface area contributed by atoms with Crippen molar-refractivity contribution in [1.82, 2.24) is 5.32 Å². The van der Waals surface area contributed by atoms with Crippen molar-refractivity contribution in [2.24, 2.45) is 0 Å². The maximum atomic E-state index is 5.13. The number of hydrogen-bond acceptors (Lipinski definition) is 3. The van der Waals surface area contributed by atoms with E-state index in [9.17, 15) is 0 Å². The summed E-state index contributed by atoms with van der Waals surface area (Å²) < 4.78 is 5.13. The SMILES string of the molecule is COCCC(C)NC(C)c1cc2c(s1)CCCC2. The number of rotatable bonds is 6. The summed E-state index contributed by atoms with van der Waals surface area (Å²) in [5.41, 5.74) is 1.61. The van der Waals surface area contributed by atoms with Crippen molar-refractivity contribution >= 4 is 11.3 Å². The first-order valence-electron chi connectivity index (χ1n) is 7.07. The topological polar surface area (TPSA) is 21.3 Å². The Hall–Kier alpha value is -0.380. The molecule has 2 rings (SSSR count). The number of nitrogens with one attached hydrogen (secondary N) is 1. The number of aryl methyl sites for hydroxylation is 2. The zero-order valence-corrected chi connectivity index (χ0v) is 12.6. The number of hydrogen-bond donors (Lipinski definition) is 1. The molecule has 0 saturated carbocycles. The maximum absolute atomic E-state index is 5.13. The summed E-state index contributed by atoms with van der Waals surface area (Å²) in [4.78, 5) is 3.14. The third kappa shape index (κ3) is 3.56. The molecule has 1 heterocycles. The zero-order chi connectivity index (χ0) is 13.0. The predicted octanol–water partition coefficient (Wildman–Crippen LogP) is 3.70. The molecule has 1 aliphatic carbocycles. The Labute approximate surface area is 115 Å². The third-order valence-corrected chi connectivity index (χ3v) is 5.15. The van der Waals surface area contributed by atoms with Gasteiger partial charge in [0.1, 0.15) is 0 Å². The van der Waals surface area contributed by atoms with Crippen LogP contribution in [-0.2, 0) is 17.6 Å². The van der Waals surface area contributed by atoms with Crippen LogP contribution < -0.4 is 5.32 Å². The van der Waals surface area contributed by atoms with Gasteiger partial charge in [0.15, 0.2) is 0 Å². The van der Waals surface area contributed by atoms with Gasteiger partial charge >= 0.3 is 0 Å². The number of fused-ring (bicyclic) bond motifs is 1. The molecule has 1 aromatic rings. The molecule has 0 spiro atoms. The van der Waals surface area contributed by atoms with Gasteiger partial charge in [0.25, 0.3) is 0 Å². The third-order valence-electron chi connectivity index (χ3n) is 3.73. The highest BCUT2D eigenvalue weighted by molar-refractivity contribution is 7.12. The van der Waals surface area contributed by atoms with Crippen molar-refractivity contribution in [2.45, 2.75) is 58.0 Å². The molecule has 2 unspecified atom stereocenters. The summed E-state index contributed by atoms with van der Waals surface area (Å²) in [6.07, 6.45) is 6.41. The van der Waals surface area contributed by atoms with Crippen LogP contribution in [0, 0.1) is 0 Å². The second kappa shape index (κ2) is 6.69. The van der Waals surface area contributed by atoms with Gasteiger partial charge in [-0.15, -0.1) is 11.3 Å². The molecule has 0 aliphatic heterocycles. The molecule has 0 fully saturated rings. The first kappa shape index (κ1) is 14.0. The molecule has 0 aromatic carbocycles. The second-order valence-electron chi connectivity index (χ2n) is 5.38. The second-order valence-corrected chi connectivity index (χ2v) is 6.54. The van der Waals surface area contributed by atoms with E-state index in [0.717, 1.165) is 13.0 Å². The van der Waals surface area contributed by atoms with Crippen LogP contribution in [0.4, 0.5) is 0 Å². The highest BCUT2D eigenvalue weighted by atomic mass is 32.1. The average molecular weight is 267 g/mol. The van der Waals surface area contributed by atoms with E-state index in [4.69, 9.17) is 4.74 Å². The highest BCUT2D eigenvalue weighted by Crippen LogP contribution is 2.32. The lowest BCUT2D eigenvalue weighted by Gasteiger charge is -2.18. The molecule has 0 bridgehead atoms. The first-order valence-corrected chi connectivity index (χ1v) is 7.89. The Balaban J connectivity index is 1.92. The molecule has 1 aromatic heterocycles. The van der Waals surface area contributed by atoms with Crippen LogP contribution in [0.1, 0.15) is 54.5 Å².